The Morgan fingerprint density at radius 3 is 2.57 bits per heavy atom. The highest BCUT2D eigenvalue weighted by atomic mass is 16.4. The van der Waals surface area contributed by atoms with E-state index in [-0.39, 0.29) is 11.8 Å². The van der Waals surface area contributed by atoms with Crippen LogP contribution >= 0.6 is 0 Å². The van der Waals surface area contributed by atoms with Gasteiger partial charge >= 0.3 is 5.76 Å². The molecule has 1 N–H and O–H groups in total. The van der Waals surface area contributed by atoms with Crippen LogP contribution in [0.3, 0.4) is 0 Å². The van der Waals surface area contributed by atoms with E-state index in [2.05, 4.69) is 17.4 Å². The Kier molecular flexibility index (Phi) is 3.62. The molecule has 0 bridgehead atoms. The lowest BCUT2D eigenvalue weighted by molar-refractivity contribution is 0.512. The Hall–Kier alpha value is -2.33. The van der Waals surface area contributed by atoms with Crippen molar-refractivity contribution in [2.45, 2.75) is 19.5 Å². The fourth-order valence-electron chi connectivity index (χ4n) is 2.73. The minimum atomic E-state index is -0.301. The van der Waals surface area contributed by atoms with Crippen molar-refractivity contribution in [2.24, 2.45) is 0 Å². The quantitative estimate of drug-likeness (QED) is 0.800. The third kappa shape index (κ3) is 2.38. The van der Waals surface area contributed by atoms with Crippen molar-refractivity contribution < 1.29 is 4.42 Å². The van der Waals surface area contributed by atoms with E-state index in [1.165, 1.54) is 5.56 Å². The largest absolute Gasteiger partial charge is 0.419 e. The number of rotatable bonds is 4. The molecule has 1 atom stereocenters. The van der Waals surface area contributed by atoms with E-state index < -0.39 is 0 Å². The van der Waals surface area contributed by atoms with Gasteiger partial charge in [0.15, 0.2) is 5.58 Å². The van der Waals surface area contributed by atoms with Gasteiger partial charge in [-0.25, -0.2) is 4.79 Å². The molecule has 21 heavy (non-hydrogen) atoms. The fourth-order valence-corrected chi connectivity index (χ4v) is 2.73. The number of oxazole rings is 1. The van der Waals surface area contributed by atoms with E-state index >= 15 is 0 Å². The highest BCUT2D eigenvalue weighted by Crippen LogP contribution is 2.25. The van der Waals surface area contributed by atoms with Gasteiger partial charge in [0.1, 0.15) is 0 Å². The molecule has 0 radical (unpaired) electrons. The summed E-state index contributed by atoms with van der Waals surface area (Å²) < 4.78 is 6.98. The zero-order valence-electron chi connectivity index (χ0n) is 12.2. The van der Waals surface area contributed by atoms with E-state index in [0.717, 1.165) is 11.1 Å². The molecule has 0 aliphatic carbocycles. The molecule has 3 rings (SSSR count). The van der Waals surface area contributed by atoms with Crippen molar-refractivity contribution in [1.29, 1.82) is 0 Å². The molecule has 0 spiro atoms. The lowest BCUT2D eigenvalue weighted by Crippen LogP contribution is -2.17. The van der Waals surface area contributed by atoms with Crippen molar-refractivity contribution in [1.82, 2.24) is 9.88 Å². The summed E-state index contributed by atoms with van der Waals surface area (Å²) in [6.45, 7) is 2.55. The monoisotopic (exact) mass is 282 g/mol. The van der Waals surface area contributed by atoms with Gasteiger partial charge in [-0.15, -0.1) is 0 Å². The van der Waals surface area contributed by atoms with Crippen molar-refractivity contribution >= 4 is 11.1 Å². The number of nitrogens with one attached hydrogen (secondary N) is 1. The zero-order chi connectivity index (χ0) is 14.8. The van der Waals surface area contributed by atoms with Gasteiger partial charge in [0.2, 0.25) is 0 Å². The number of hydrogen-bond donors (Lipinski definition) is 1. The van der Waals surface area contributed by atoms with Gasteiger partial charge in [-0.05, 0) is 37.2 Å². The van der Waals surface area contributed by atoms with E-state index in [9.17, 15) is 4.79 Å². The maximum atomic E-state index is 11.8. The Morgan fingerprint density at radius 1 is 1.14 bits per heavy atom. The molecular formula is C17H18N2O2. The van der Waals surface area contributed by atoms with Gasteiger partial charge in [-0.3, -0.25) is 4.57 Å². The summed E-state index contributed by atoms with van der Waals surface area (Å²) in [7, 11) is 1.93. The van der Waals surface area contributed by atoms with Crippen LogP contribution in [0.15, 0.2) is 57.7 Å². The van der Waals surface area contributed by atoms with Crippen LogP contribution < -0.4 is 11.1 Å². The molecule has 1 heterocycles. The predicted octanol–water partition coefficient (Wildman–Crippen LogP) is 2.92. The lowest BCUT2D eigenvalue weighted by Gasteiger charge is -2.17. The molecule has 0 aliphatic heterocycles. The Labute approximate surface area is 123 Å². The topological polar surface area (TPSA) is 47.2 Å². The summed E-state index contributed by atoms with van der Waals surface area (Å²) >= 11 is 0. The molecule has 1 aromatic heterocycles. The van der Waals surface area contributed by atoms with Crippen LogP contribution in [0.1, 0.15) is 24.1 Å². The molecular weight excluding hydrogens is 264 g/mol. The fraction of sp³-hybridized carbons (Fsp3) is 0.235. The van der Waals surface area contributed by atoms with Gasteiger partial charge in [-0.1, -0.05) is 36.4 Å². The van der Waals surface area contributed by atoms with E-state index in [0.29, 0.717) is 12.1 Å². The summed E-state index contributed by atoms with van der Waals surface area (Å²) in [6.07, 6.45) is 0. The third-order valence-corrected chi connectivity index (χ3v) is 3.76. The normalized spacial score (nSPS) is 12.7. The number of fused-ring (bicyclic) bond motifs is 1. The van der Waals surface area contributed by atoms with Crippen molar-refractivity contribution in [3.8, 4) is 0 Å². The van der Waals surface area contributed by atoms with Crippen molar-refractivity contribution in [3.63, 3.8) is 0 Å². The van der Waals surface area contributed by atoms with E-state index in [1.807, 2.05) is 50.4 Å². The van der Waals surface area contributed by atoms with Crippen LogP contribution in [-0.4, -0.2) is 11.6 Å². The van der Waals surface area contributed by atoms with Crippen LogP contribution in [0, 0.1) is 0 Å². The van der Waals surface area contributed by atoms with Crippen LogP contribution in [0.2, 0.25) is 0 Å². The smallest absolute Gasteiger partial charge is 0.408 e. The molecule has 0 aliphatic rings. The SMILES string of the molecule is CCn1c(=O)oc2cc(C(NC)c3ccccc3)ccc21. The number of aryl methyl sites for hydroxylation is 1. The van der Waals surface area contributed by atoms with Crippen LogP contribution in [0.5, 0.6) is 0 Å². The second-order valence-corrected chi connectivity index (χ2v) is 4.97. The average molecular weight is 282 g/mol. The third-order valence-electron chi connectivity index (χ3n) is 3.76. The summed E-state index contributed by atoms with van der Waals surface area (Å²) in [5, 5.41) is 3.31. The maximum absolute atomic E-state index is 11.8. The Morgan fingerprint density at radius 2 is 1.90 bits per heavy atom. The highest BCUT2D eigenvalue weighted by molar-refractivity contribution is 5.74. The minimum absolute atomic E-state index is 0.0749. The van der Waals surface area contributed by atoms with E-state index in [4.69, 9.17) is 4.42 Å². The summed E-state index contributed by atoms with van der Waals surface area (Å²) in [5.41, 5.74) is 3.73. The zero-order valence-corrected chi connectivity index (χ0v) is 12.2. The second kappa shape index (κ2) is 5.58. The van der Waals surface area contributed by atoms with Gasteiger partial charge in [0, 0.05) is 6.54 Å². The Bertz CT molecular complexity index is 803. The van der Waals surface area contributed by atoms with Crippen LogP contribution in [0.25, 0.3) is 11.1 Å². The summed E-state index contributed by atoms with van der Waals surface area (Å²) in [4.78, 5) is 11.8. The first-order valence-electron chi connectivity index (χ1n) is 7.10. The molecule has 0 saturated carbocycles. The van der Waals surface area contributed by atoms with Crippen molar-refractivity contribution in [3.05, 3.63) is 70.2 Å². The molecule has 4 heteroatoms. The maximum Gasteiger partial charge on any atom is 0.419 e. The Balaban J connectivity index is 2.10. The molecule has 4 nitrogen and oxygen atoms in total. The van der Waals surface area contributed by atoms with Gasteiger partial charge < -0.3 is 9.73 Å². The van der Waals surface area contributed by atoms with Gasteiger partial charge in [0.05, 0.1) is 11.6 Å². The summed E-state index contributed by atoms with van der Waals surface area (Å²) in [6, 6.07) is 16.2. The summed E-state index contributed by atoms with van der Waals surface area (Å²) in [5.74, 6) is -0.301. The average Bonchev–Trinajstić information content (AvgIpc) is 2.83. The van der Waals surface area contributed by atoms with Gasteiger partial charge in [0.25, 0.3) is 0 Å². The van der Waals surface area contributed by atoms with Crippen LogP contribution in [0.4, 0.5) is 0 Å². The molecule has 3 aromatic rings. The molecule has 2 aromatic carbocycles. The van der Waals surface area contributed by atoms with E-state index in [1.54, 1.807) is 4.57 Å². The second-order valence-electron chi connectivity index (χ2n) is 4.97. The van der Waals surface area contributed by atoms with Crippen molar-refractivity contribution in [2.75, 3.05) is 7.05 Å². The minimum Gasteiger partial charge on any atom is -0.408 e. The molecule has 0 fully saturated rings. The molecule has 0 saturated heterocycles. The number of aromatic nitrogens is 1. The standard InChI is InChI=1S/C17H18N2O2/c1-3-19-14-10-9-13(11-15(14)21-17(19)20)16(18-2)12-7-5-4-6-8-12/h4-11,16,18H,3H2,1-2H3. The lowest BCUT2D eigenvalue weighted by atomic mass is 9.99. The first-order valence-corrected chi connectivity index (χ1v) is 7.10. The molecule has 1 unspecified atom stereocenters. The number of benzene rings is 2. The predicted molar refractivity (Wildman–Crippen MR) is 83.5 cm³/mol. The first-order chi connectivity index (χ1) is 10.2. The molecule has 0 amide bonds. The van der Waals surface area contributed by atoms with Crippen LogP contribution in [-0.2, 0) is 6.54 Å². The number of hydrogen-bond acceptors (Lipinski definition) is 3. The van der Waals surface area contributed by atoms with Gasteiger partial charge in [-0.2, -0.15) is 0 Å². The number of nitrogens with zero attached hydrogens (tertiary/aromatic N) is 1. The highest BCUT2D eigenvalue weighted by Gasteiger charge is 2.14. The molecule has 108 valence electrons. The first kappa shape index (κ1) is 13.6.